The number of aryl methyl sites for hydroxylation is 1. The van der Waals surface area contributed by atoms with Crippen LogP contribution in [0, 0.1) is 6.92 Å². The Morgan fingerprint density at radius 2 is 1.68 bits per heavy atom. The summed E-state index contributed by atoms with van der Waals surface area (Å²) >= 11 is 0. The van der Waals surface area contributed by atoms with Crippen LogP contribution in [-0.4, -0.2) is 20.9 Å². The molecule has 0 unspecified atom stereocenters. The average molecular weight is 328 g/mol. The van der Waals surface area contributed by atoms with E-state index in [9.17, 15) is 9.90 Å². The second kappa shape index (κ2) is 5.91. The van der Waals surface area contributed by atoms with Crippen LogP contribution in [0.2, 0.25) is 0 Å². The Labute approximate surface area is 145 Å². The Balaban J connectivity index is 2.04. The molecule has 0 aliphatic carbocycles. The maximum Gasteiger partial charge on any atom is 0.356 e. The van der Waals surface area contributed by atoms with Crippen LogP contribution >= 0.6 is 0 Å². The molecule has 4 heteroatoms. The van der Waals surface area contributed by atoms with Gasteiger partial charge in [0.2, 0.25) is 0 Å². The number of para-hydroxylation sites is 1. The molecule has 4 aromatic rings. The van der Waals surface area contributed by atoms with Gasteiger partial charge in [0.05, 0.1) is 11.4 Å². The van der Waals surface area contributed by atoms with Crippen molar-refractivity contribution in [2.45, 2.75) is 6.92 Å². The largest absolute Gasteiger partial charge is 0.476 e. The zero-order valence-corrected chi connectivity index (χ0v) is 13.7. The average Bonchev–Trinajstić information content (AvgIpc) is 3.07. The number of carboxylic acids is 1. The van der Waals surface area contributed by atoms with E-state index in [0.717, 1.165) is 33.3 Å². The molecule has 4 rings (SSSR count). The first kappa shape index (κ1) is 15.1. The molecule has 0 saturated heterocycles. The minimum absolute atomic E-state index is 0.0335. The summed E-state index contributed by atoms with van der Waals surface area (Å²) in [5.41, 5.74) is 3.66. The number of carboxylic acid groups (broad SMARTS) is 1. The van der Waals surface area contributed by atoms with Crippen molar-refractivity contribution in [1.29, 1.82) is 0 Å². The third-order valence-corrected chi connectivity index (χ3v) is 4.34. The van der Waals surface area contributed by atoms with Gasteiger partial charge in [-0.15, -0.1) is 0 Å². The maximum absolute atomic E-state index is 11.5. The van der Waals surface area contributed by atoms with E-state index < -0.39 is 5.97 Å². The quantitative estimate of drug-likeness (QED) is 0.593. The Hall–Kier alpha value is -3.40. The summed E-state index contributed by atoms with van der Waals surface area (Å²) in [5.74, 6) is -1.03. The van der Waals surface area contributed by atoms with Gasteiger partial charge in [-0.25, -0.2) is 9.48 Å². The molecule has 1 aromatic heterocycles. The van der Waals surface area contributed by atoms with Crippen LogP contribution in [0.5, 0.6) is 0 Å². The lowest BCUT2D eigenvalue weighted by Gasteiger charge is -2.12. The molecule has 0 aliphatic rings. The molecule has 0 saturated carbocycles. The number of hydrogen-bond acceptors (Lipinski definition) is 2. The fourth-order valence-electron chi connectivity index (χ4n) is 3.11. The Kier molecular flexibility index (Phi) is 3.58. The highest BCUT2D eigenvalue weighted by atomic mass is 16.4. The maximum atomic E-state index is 11.5. The third-order valence-electron chi connectivity index (χ3n) is 4.34. The summed E-state index contributed by atoms with van der Waals surface area (Å²) in [4.78, 5) is 11.5. The molecule has 4 nitrogen and oxygen atoms in total. The topological polar surface area (TPSA) is 55.1 Å². The highest BCUT2D eigenvalue weighted by Crippen LogP contribution is 2.31. The number of rotatable bonds is 3. The second-order valence-electron chi connectivity index (χ2n) is 5.94. The molecule has 0 amide bonds. The lowest BCUT2D eigenvalue weighted by atomic mass is 10.0. The third kappa shape index (κ3) is 2.58. The summed E-state index contributed by atoms with van der Waals surface area (Å²) in [6, 6.07) is 23.6. The van der Waals surface area contributed by atoms with Crippen molar-refractivity contribution in [1.82, 2.24) is 9.78 Å². The fraction of sp³-hybridized carbons (Fsp3) is 0.0476. The predicted octanol–water partition coefficient (Wildman–Crippen LogP) is 4.70. The molecule has 122 valence electrons. The lowest BCUT2D eigenvalue weighted by molar-refractivity contribution is 0.0690. The normalized spacial score (nSPS) is 10.9. The molecule has 0 bridgehead atoms. The van der Waals surface area contributed by atoms with Crippen molar-refractivity contribution >= 4 is 16.7 Å². The van der Waals surface area contributed by atoms with E-state index in [2.05, 4.69) is 5.10 Å². The van der Waals surface area contributed by atoms with E-state index in [4.69, 9.17) is 0 Å². The molecule has 0 aliphatic heterocycles. The smallest absolute Gasteiger partial charge is 0.356 e. The van der Waals surface area contributed by atoms with Gasteiger partial charge in [0.25, 0.3) is 0 Å². The van der Waals surface area contributed by atoms with Crippen molar-refractivity contribution in [2.75, 3.05) is 0 Å². The molecule has 25 heavy (non-hydrogen) atoms. The van der Waals surface area contributed by atoms with E-state index in [1.807, 2.05) is 73.7 Å². The van der Waals surface area contributed by atoms with Crippen molar-refractivity contribution in [3.8, 4) is 16.9 Å². The Morgan fingerprint density at radius 3 is 2.48 bits per heavy atom. The minimum atomic E-state index is -1.03. The van der Waals surface area contributed by atoms with Crippen LogP contribution in [0.3, 0.4) is 0 Å². The first-order valence-electron chi connectivity index (χ1n) is 8.02. The predicted molar refractivity (Wildman–Crippen MR) is 98.2 cm³/mol. The van der Waals surface area contributed by atoms with Crippen molar-refractivity contribution in [2.24, 2.45) is 0 Å². The van der Waals surface area contributed by atoms with Gasteiger partial charge >= 0.3 is 5.97 Å². The van der Waals surface area contributed by atoms with Gasteiger partial charge in [-0.3, -0.25) is 0 Å². The van der Waals surface area contributed by atoms with Crippen LogP contribution in [0.1, 0.15) is 16.1 Å². The van der Waals surface area contributed by atoms with E-state index in [1.54, 1.807) is 10.7 Å². The molecule has 1 N–H and O–H groups in total. The molecule has 1 heterocycles. The van der Waals surface area contributed by atoms with Gasteiger partial charge in [0.15, 0.2) is 5.69 Å². The zero-order chi connectivity index (χ0) is 17.4. The first-order valence-corrected chi connectivity index (χ1v) is 8.02. The number of carbonyl (C=O) groups is 1. The van der Waals surface area contributed by atoms with Crippen molar-refractivity contribution in [3.63, 3.8) is 0 Å². The summed E-state index contributed by atoms with van der Waals surface area (Å²) in [6.45, 7) is 1.99. The number of nitrogens with zero attached hydrogens (tertiary/aromatic N) is 2. The summed E-state index contributed by atoms with van der Waals surface area (Å²) in [5, 5.41) is 15.9. The van der Waals surface area contributed by atoms with E-state index >= 15 is 0 Å². The lowest BCUT2D eigenvalue weighted by Crippen LogP contribution is -2.04. The highest BCUT2D eigenvalue weighted by molar-refractivity contribution is 5.97. The van der Waals surface area contributed by atoms with Gasteiger partial charge in [-0.1, -0.05) is 60.7 Å². The highest BCUT2D eigenvalue weighted by Gasteiger charge is 2.18. The van der Waals surface area contributed by atoms with Gasteiger partial charge in [-0.05, 0) is 35.4 Å². The molecule has 3 aromatic carbocycles. The Bertz CT molecular complexity index is 1090. The molecule has 0 fully saturated rings. The van der Waals surface area contributed by atoms with Gasteiger partial charge in [0, 0.05) is 5.56 Å². The summed E-state index contributed by atoms with van der Waals surface area (Å²) in [7, 11) is 0. The van der Waals surface area contributed by atoms with Crippen LogP contribution in [-0.2, 0) is 0 Å². The minimum Gasteiger partial charge on any atom is -0.476 e. The molecular formula is C21H16N2O2. The molecule has 0 atom stereocenters. The summed E-state index contributed by atoms with van der Waals surface area (Å²) < 4.78 is 1.72. The van der Waals surface area contributed by atoms with Crippen LogP contribution < -0.4 is 0 Å². The molecular weight excluding hydrogens is 312 g/mol. The molecule has 0 spiro atoms. The van der Waals surface area contributed by atoms with E-state index in [1.165, 1.54) is 0 Å². The number of hydrogen-bond donors (Lipinski definition) is 1. The van der Waals surface area contributed by atoms with E-state index in [0.29, 0.717) is 0 Å². The van der Waals surface area contributed by atoms with Gasteiger partial charge in [-0.2, -0.15) is 5.10 Å². The zero-order valence-electron chi connectivity index (χ0n) is 13.7. The number of aromatic carboxylic acids is 1. The second-order valence-corrected chi connectivity index (χ2v) is 5.94. The van der Waals surface area contributed by atoms with Crippen LogP contribution in [0.25, 0.3) is 27.7 Å². The molecule has 0 radical (unpaired) electrons. The Morgan fingerprint density at radius 1 is 0.960 bits per heavy atom. The summed E-state index contributed by atoms with van der Waals surface area (Å²) in [6.07, 6.45) is 0. The van der Waals surface area contributed by atoms with Gasteiger partial charge < -0.3 is 5.11 Å². The number of fused-ring (bicyclic) bond motifs is 1. The fourth-order valence-corrected chi connectivity index (χ4v) is 3.11. The standard InChI is InChI=1S/C21H16N2O2/c1-14-7-2-5-12-19(14)23-20(13-18(22-23)21(24)25)17-11-6-9-15-8-3-4-10-16(15)17/h2-13H,1H3,(H,24,25). The van der Waals surface area contributed by atoms with Crippen molar-refractivity contribution in [3.05, 3.63) is 84.1 Å². The van der Waals surface area contributed by atoms with Crippen molar-refractivity contribution < 1.29 is 9.90 Å². The SMILES string of the molecule is Cc1ccccc1-n1nc(C(=O)O)cc1-c1cccc2ccccc12. The van der Waals surface area contributed by atoms with E-state index in [-0.39, 0.29) is 5.69 Å². The number of benzene rings is 3. The number of aromatic nitrogens is 2. The van der Waals surface area contributed by atoms with Crippen LogP contribution in [0.15, 0.2) is 72.8 Å². The monoisotopic (exact) mass is 328 g/mol. The van der Waals surface area contributed by atoms with Gasteiger partial charge in [0.1, 0.15) is 0 Å². The first-order chi connectivity index (χ1) is 12.1. The van der Waals surface area contributed by atoms with Crippen LogP contribution in [0.4, 0.5) is 0 Å².